The van der Waals surface area contributed by atoms with Gasteiger partial charge in [0.25, 0.3) is 0 Å². The van der Waals surface area contributed by atoms with Crippen molar-refractivity contribution < 1.29 is 9.18 Å². The molecule has 2 aromatic carbocycles. The number of halogens is 2. The molecular formula is C18H19ClFNOS. The van der Waals surface area contributed by atoms with Crippen molar-refractivity contribution in [1.29, 1.82) is 0 Å². The molecule has 1 unspecified atom stereocenters. The fraction of sp³-hybridized carbons (Fsp3) is 0.278. The number of carbonyl (C=O) groups is 1. The summed E-state index contributed by atoms with van der Waals surface area (Å²) in [6.45, 7) is 1.90. The van der Waals surface area contributed by atoms with E-state index in [9.17, 15) is 9.18 Å². The molecule has 0 aromatic heterocycles. The van der Waals surface area contributed by atoms with Crippen LogP contribution in [0.25, 0.3) is 0 Å². The Morgan fingerprint density at radius 2 is 1.83 bits per heavy atom. The van der Waals surface area contributed by atoms with Crippen LogP contribution in [-0.2, 0) is 4.79 Å². The van der Waals surface area contributed by atoms with E-state index in [4.69, 9.17) is 11.6 Å². The maximum absolute atomic E-state index is 12.9. The molecule has 0 radical (unpaired) electrons. The number of hydrogen-bond donors (Lipinski definition) is 1. The van der Waals surface area contributed by atoms with E-state index < -0.39 is 0 Å². The molecule has 23 heavy (non-hydrogen) atoms. The molecule has 0 fully saturated rings. The molecule has 0 saturated carbocycles. The van der Waals surface area contributed by atoms with Gasteiger partial charge in [0.15, 0.2) is 0 Å². The van der Waals surface area contributed by atoms with Crippen molar-refractivity contribution in [2.75, 3.05) is 5.75 Å². The molecule has 0 saturated heterocycles. The molecule has 2 aromatic rings. The maximum Gasteiger partial charge on any atom is 0.220 e. The highest BCUT2D eigenvalue weighted by molar-refractivity contribution is 7.99. The summed E-state index contributed by atoms with van der Waals surface area (Å²) in [5.74, 6) is 0.616. The van der Waals surface area contributed by atoms with Crippen molar-refractivity contribution in [2.45, 2.75) is 30.7 Å². The smallest absolute Gasteiger partial charge is 0.220 e. The van der Waals surface area contributed by atoms with Crippen LogP contribution in [0.3, 0.4) is 0 Å². The van der Waals surface area contributed by atoms with Crippen LogP contribution >= 0.6 is 23.4 Å². The number of benzene rings is 2. The van der Waals surface area contributed by atoms with Gasteiger partial charge in [-0.25, -0.2) is 4.39 Å². The summed E-state index contributed by atoms with van der Waals surface area (Å²) in [6.07, 6.45) is 1.28. The molecule has 0 aliphatic carbocycles. The van der Waals surface area contributed by atoms with Crippen molar-refractivity contribution in [3.05, 3.63) is 64.9 Å². The van der Waals surface area contributed by atoms with Gasteiger partial charge in [-0.3, -0.25) is 4.79 Å². The highest BCUT2D eigenvalue weighted by Gasteiger charge is 2.09. The summed E-state index contributed by atoms with van der Waals surface area (Å²) in [5, 5.41) is 3.66. The Morgan fingerprint density at radius 1 is 1.17 bits per heavy atom. The normalized spacial score (nSPS) is 12.0. The average molecular weight is 352 g/mol. The fourth-order valence-electron chi connectivity index (χ4n) is 2.10. The van der Waals surface area contributed by atoms with Gasteiger partial charge in [0.1, 0.15) is 5.82 Å². The van der Waals surface area contributed by atoms with Crippen LogP contribution in [0.1, 0.15) is 31.4 Å². The molecule has 5 heteroatoms. The van der Waals surface area contributed by atoms with Crippen LogP contribution in [0, 0.1) is 5.82 Å². The average Bonchev–Trinajstić information content (AvgIpc) is 2.54. The summed E-state index contributed by atoms with van der Waals surface area (Å²) in [6, 6.07) is 13.7. The minimum Gasteiger partial charge on any atom is -0.350 e. The zero-order valence-electron chi connectivity index (χ0n) is 12.9. The Kier molecular flexibility index (Phi) is 6.93. The number of thioether (sulfide) groups is 1. The second-order valence-corrected chi connectivity index (χ2v) is 6.85. The lowest BCUT2D eigenvalue weighted by Crippen LogP contribution is -2.26. The summed E-state index contributed by atoms with van der Waals surface area (Å²) in [7, 11) is 0. The van der Waals surface area contributed by atoms with Crippen LogP contribution in [0.2, 0.25) is 5.02 Å². The molecule has 0 aliphatic heterocycles. The summed E-state index contributed by atoms with van der Waals surface area (Å²) in [5.41, 5.74) is 0.898. The third-order valence-electron chi connectivity index (χ3n) is 3.38. The van der Waals surface area contributed by atoms with Crippen molar-refractivity contribution in [3.8, 4) is 0 Å². The molecule has 1 N–H and O–H groups in total. The van der Waals surface area contributed by atoms with E-state index in [1.54, 1.807) is 23.9 Å². The van der Waals surface area contributed by atoms with Crippen molar-refractivity contribution in [1.82, 2.24) is 5.32 Å². The maximum atomic E-state index is 12.9. The van der Waals surface area contributed by atoms with Gasteiger partial charge in [-0.05, 0) is 61.1 Å². The van der Waals surface area contributed by atoms with E-state index in [1.165, 1.54) is 12.1 Å². The van der Waals surface area contributed by atoms with Crippen LogP contribution in [0.15, 0.2) is 53.4 Å². The van der Waals surface area contributed by atoms with E-state index in [0.717, 1.165) is 27.7 Å². The second-order valence-electron chi connectivity index (χ2n) is 5.25. The quantitative estimate of drug-likeness (QED) is 0.546. The van der Waals surface area contributed by atoms with Crippen LogP contribution in [0.5, 0.6) is 0 Å². The summed E-state index contributed by atoms with van der Waals surface area (Å²) < 4.78 is 12.9. The first-order valence-electron chi connectivity index (χ1n) is 7.48. The van der Waals surface area contributed by atoms with E-state index in [2.05, 4.69) is 5.32 Å². The van der Waals surface area contributed by atoms with E-state index >= 15 is 0 Å². The number of nitrogens with one attached hydrogen (secondary N) is 1. The van der Waals surface area contributed by atoms with Gasteiger partial charge in [0, 0.05) is 16.3 Å². The van der Waals surface area contributed by atoms with Crippen molar-refractivity contribution in [2.24, 2.45) is 0 Å². The third kappa shape index (κ3) is 6.24. The molecule has 1 amide bonds. The van der Waals surface area contributed by atoms with Crippen LogP contribution < -0.4 is 5.32 Å². The molecule has 0 bridgehead atoms. The fourth-order valence-corrected chi connectivity index (χ4v) is 3.08. The highest BCUT2D eigenvalue weighted by atomic mass is 35.5. The van der Waals surface area contributed by atoms with E-state index in [1.807, 2.05) is 31.2 Å². The Balaban J connectivity index is 1.68. The number of carbonyl (C=O) groups excluding carboxylic acids is 1. The lowest BCUT2D eigenvalue weighted by Gasteiger charge is -2.14. The van der Waals surface area contributed by atoms with Gasteiger partial charge in [-0.15, -0.1) is 11.8 Å². The third-order valence-corrected chi connectivity index (χ3v) is 4.73. The highest BCUT2D eigenvalue weighted by Crippen LogP contribution is 2.21. The first-order valence-corrected chi connectivity index (χ1v) is 8.84. The molecule has 2 rings (SSSR count). The molecule has 1 atom stereocenters. The first kappa shape index (κ1) is 17.8. The number of rotatable bonds is 7. The summed E-state index contributed by atoms with van der Waals surface area (Å²) >= 11 is 7.55. The van der Waals surface area contributed by atoms with E-state index in [0.29, 0.717) is 6.42 Å². The van der Waals surface area contributed by atoms with Crippen LogP contribution in [0.4, 0.5) is 4.39 Å². The number of amides is 1. The second kappa shape index (κ2) is 8.94. The zero-order valence-corrected chi connectivity index (χ0v) is 14.5. The standard InChI is InChI=1S/C18H19ClFNOS/c1-13(14-4-8-16(20)9-5-14)21-18(22)3-2-12-23-17-10-6-15(19)7-11-17/h4-11,13H,2-3,12H2,1H3,(H,21,22). The molecule has 0 spiro atoms. The van der Waals surface area contributed by atoms with Gasteiger partial charge in [-0.1, -0.05) is 23.7 Å². The number of hydrogen-bond acceptors (Lipinski definition) is 2. The Hall–Kier alpha value is -1.52. The first-order chi connectivity index (χ1) is 11.0. The lowest BCUT2D eigenvalue weighted by atomic mass is 10.1. The molecule has 122 valence electrons. The van der Waals surface area contributed by atoms with Gasteiger partial charge in [-0.2, -0.15) is 0 Å². The summed E-state index contributed by atoms with van der Waals surface area (Å²) in [4.78, 5) is 13.1. The van der Waals surface area contributed by atoms with Gasteiger partial charge in [0.2, 0.25) is 5.91 Å². The topological polar surface area (TPSA) is 29.1 Å². The van der Waals surface area contributed by atoms with Gasteiger partial charge >= 0.3 is 0 Å². The molecule has 2 nitrogen and oxygen atoms in total. The Bertz CT molecular complexity index is 630. The predicted octanol–water partition coefficient (Wildman–Crippen LogP) is 5.23. The minimum absolute atomic E-state index is 0.0125. The van der Waals surface area contributed by atoms with E-state index in [-0.39, 0.29) is 17.8 Å². The monoisotopic (exact) mass is 351 g/mol. The van der Waals surface area contributed by atoms with Gasteiger partial charge < -0.3 is 5.32 Å². The largest absolute Gasteiger partial charge is 0.350 e. The van der Waals surface area contributed by atoms with Crippen molar-refractivity contribution in [3.63, 3.8) is 0 Å². The Labute approximate surface area is 145 Å². The van der Waals surface area contributed by atoms with Gasteiger partial charge in [0.05, 0.1) is 6.04 Å². The van der Waals surface area contributed by atoms with Crippen LogP contribution in [-0.4, -0.2) is 11.7 Å². The minimum atomic E-state index is -0.272. The molecule has 0 heterocycles. The van der Waals surface area contributed by atoms with Crippen molar-refractivity contribution >= 4 is 29.3 Å². The zero-order chi connectivity index (χ0) is 16.7. The molecule has 0 aliphatic rings. The Morgan fingerprint density at radius 3 is 2.48 bits per heavy atom. The predicted molar refractivity (Wildman–Crippen MR) is 94.4 cm³/mol. The molecular weight excluding hydrogens is 333 g/mol. The lowest BCUT2D eigenvalue weighted by molar-refractivity contribution is -0.121. The SMILES string of the molecule is CC(NC(=O)CCCSc1ccc(Cl)cc1)c1ccc(F)cc1.